The summed E-state index contributed by atoms with van der Waals surface area (Å²) >= 11 is 1.34. The topological polar surface area (TPSA) is 54.9 Å². The predicted molar refractivity (Wildman–Crippen MR) is 128 cm³/mol. The van der Waals surface area contributed by atoms with E-state index in [1.54, 1.807) is 35.2 Å². The van der Waals surface area contributed by atoms with Crippen molar-refractivity contribution in [3.63, 3.8) is 0 Å². The quantitative estimate of drug-likeness (QED) is 0.471. The van der Waals surface area contributed by atoms with Crippen molar-refractivity contribution in [3.05, 3.63) is 53.8 Å². The van der Waals surface area contributed by atoms with E-state index in [1.165, 1.54) is 23.5 Å². The molecule has 0 N–H and O–H groups in total. The van der Waals surface area contributed by atoms with E-state index in [4.69, 9.17) is 9.47 Å². The summed E-state index contributed by atoms with van der Waals surface area (Å²) in [4.78, 5) is 22.0. The van der Waals surface area contributed by atoms with Crippen molar-refractivity contribution in [1.29, 1.82) is 0 Å². The zero-order valence-corrected chi connectivity index (χ0v) is 19.6. The third-order valence-electron chi connectivity index (χ3n) is 5.19. The fourth-order valence-corrected chi connectivity index (χ4v) is 4.59. The maximum Gasteiger partial charge on any atom is 0.260 e. The Morgan fingerprint density at radius 1 is 1.22 bits per heavy atom. The number of ether oxygens (including phenoxy) is 2. The van der Waals surface area contributed by atoms with Crippen molar-refractivity contribution in [2.45, 2.75) is 13.3 Å². The Hall–Kier alpha value is -2.26. The summed E-state index contributed by atoms with van der Waals surface area (Å²) in [6, 6.07) is 11.7. The zero-order valence-electron chi connectivity index (χ0n) is 18.0. The fourth-order valence-electron chi connectivity index (χ4n) is 3.58. The van der Waals surface area contributed by atoms with Gasteiger partial charge in [-0.25, -0.2) is 9.37 Å². The molecule has 0 bridgehead atoms. The lowest BCUT2D eigenvalue weighted by atomic mass is 10.2. The molecule has 9 heteroatoms. The lowest BCUT2D eigenvalue weighted by Gasteiger charge is -2.27. The number of aromatic nitrogens is 1. The molecule has 0 saturated carbocycles. The highest BCUT2D eigenvalue weighted by molar-refractivity contribution is 7.22. The van der Waals surface area contributed by atoms with Crippen LogP contribution in [0.25, 0.3) is 10.2 Å². The van der Waals surface area contributed by atoms with Crippen LogP contribution in [0.15, 0.2) is 42.5 Å². The molecule has 172 valence electrons. The van der Waals surface area contributed by atoms with Gasteiger partial charge in [-0.15, -0.1) is 12.4 Å². The largest absolute Gasteiger partial charge is 0.494 e. The second-order valence-corrected chi connectivity index (χ2v) is 8.34. The Morgan fingerprint density at radius 3 is 2.69 bits per heavy atom. The molecule has 2 aromatic carbocycles. The molecule has 1 saturated heterocycles. The number of carbonyl (C=O) groups is 1. The van der Waals surface area contributed by atoms with Crippen LogP contribution in [0.1, 0.15) is 23.7 Å². The highest BCUT2D eigenvalue weighted by Gasteiger charge is 2.22. The molecular formula is C23H27ClFN3O3S. The summed E-state index contributed by atoms with van der Waals surface area (Å²) in [6.45, 7) is 7.23. The average molecular weight is 480 g/mol. The van der Waals surface area contributed by atoms with Gasteiger partial charge in [0.05, 0.1) is 30.0 Å². The minimum absolute atomic E-state index is 0. The lowest BCUT2D eigenvalue weighted by molar-refractivity contribution is 0.0376. The molecule has 0 radical (unpaired) electrons. The highest BCUT2D eigenvalue weighted by Crippen LogP contribution is 2.30. The van der Waals surface area contributed by atoms with Crippen molar-refractivity contribution in [1.82, 2.24) is 9.88 Å². The molecule has 1 amide bonds. The third-order valence-corrected chi connectivity index (χ3v) is 6.23. The predicted octanol–water partition coefficient (Wildman–Crippen LogP) is 4.63. The molecule has 3 aromatic rings. The average Bonchev–Trinajstić information content (AvgIpc) is 3.20. The number of morpholine rings is 1. The minimum atomic E-state index is -0.306. The smallest absolute Gasteiger partial charge is 0.260 e. The molecule has 1 fully saturated rings. The van der Waals surface area contributed by atoms with E-state index < -0.39 is 0 Å². The normalized spacial score (nSPS) is 14.2. The van der Waals surface area contributed by atoms with Crippen LogP contribution in [0.3, 0.4) is 0 Å². The van der Waals surface area contributed by atoms with Crippen LogP contribution in [-0.2, 0) is 4.74 Å². The summed E-state index contributed by atoms with van der Waals surface area (Å²) in [7, 11) is 0. The van der Waals surface area contributed by atoms with Gasteiger partial charge in [-0.2, -0.15) is 0 Å². The zero-order chi connectivity index (χ0) is 21.6. The van der Waals surface area contributed by atoms with Crippen LogP contribution in [0.5, 0.6) is 5.75 Å². The van der Waals surface area contributed by atoms with Crippen molar-refractivity contribution in [3.8, 4) is 5.75 Å². The number of halogens is 2. The molecule has 4 rings (SSSR count). The fraction of sp³-hybridized carbons (Fsp3) is 0.391. The van der Waals surface area contributed by atoms with Crippen molar-refractivity contribution < 1.29 is 18.7 Å². The maximum atomic E-state index is 13.7. The van der Waals surface area contributed by atoms with E-state index in [2.05, 4.69) is 9.88 Å². The summed E-state index contributed by atoms with van der Waals surface area (Å²) in [5.41, 5.74) is 1.26. The first-order valence-corrected chi connectivity index (χ1v) is 11.4. The van der Waals surface area contributed by atoms with Crippen molar-refractivity contribution in [2.24, 2.45) is 0 Å². The van der Waals surface area contributed by atoms with Crippen molar-refractivity contribution >= 4 is 45.0 Å². The van der Waals surface area contributed by atoms with E-state index in [1.807, 2.05) is 6.92 Å². The number of thiazole rings is 1. The molecule has 6 nitrogen and oxygen atoms in total. The van der Waals surface area contributed by atoms with Gasteiger partial charge in [-0.3, -0.25) is 14.6 Å². The van der Waals surface area contributed by atoms with E-state index in [0.29, 0.717) is 29.4 Å². The van der Waals surface area contributed by atoms with E-state index >= 15 is 0 Å². The van der Waals surface area contributed by atoms with Crippen LogP contribution >= 0.6 is 23.7 Å². The molecule has 32 heavy (non-hydrogen) atoms. The van der Waals surface area contributed by atoms with Gasteiger partial charge in [0.25, 0.3) is 5.91 Å². The summed E-state index contributed by atoms with van der Waals surface area (Å²) < 4.78 is 25.3. The van der Waals surface area contributed by atoms with Gasteiger partial charge in [-0.1, -0.05) is 11.3 Å². The Labute approximate surface area is 197 Å². The second-order valence-electron chi connectivity index (χ2n) is 7.33. The molecular weight excluding hydrogens is 453 g/mol. The third kappa shape index (κ3) is 5.95. The Morgan fingerprint density at radius 2 is 1.97 bits per heavy atom. The molecule has 2 heterocycles. The lowest BCUT2D eigenvalue weighted by Crippen LogP contribution is -2.39. The van der Waals surface area contributed by atoms with E-state index in [0.717, 1.165) is 49.7 Å². The van der Waals surface area contributed by atoms with Crippen LogP contribution < -0.4 is 9.64 Å². The number of fused-ring (bicyclic) bond motifs is 1. The summed E-state index contributed by atoms with van der Waals surface area (Å²) in [5, 5.41) is 0.585. The van der Waals surface area contributed by atoms with Crippen molar-refractivity contribution in [2.75, 3.05) is 50.9 Å². The monoisotopic (exact) mass is 479 g/mol. The van der Waals surface area contributed by atoms with E-state index in [9.17, 15) is 9.18 Å². The van der Waals surface area contributed by atoms with Gasteiger partial charge >= 0.3 is 0 Å². The van der Waals surface area contributed by atoms with Gasteiger partial charge in [0.2, 0.25) is 0 Å². The first kappa shape index (κ1) is 24.4. The van der Waals surface area contributed by atoms with Gasteiger partial charge in [0, 0.05) is 31.7 Å². The number of nitrogens with zero attached hydrogens (tertiary/aromatic N) is 3. The van der Waals surface area contributed by atoms with Gasteiger partial charge < -0.3 is 9.47 Å². The minimum Gasteiger partial charge on any atom is -0.494 e. The first-order chi connectivity index (χ1) is 15.1. The molecule has 1 aromatic heterocycles. The highest BCUT2D eigenvalue weighted by atomic mass is 35.5. The molecule has 0 unspecified atom stereocenters. The number of benzene rings is 2. The number of hydrogen-bond donors (Lipinski definition) is 0. The van der Waals surface area contributed by atoms with Gasteiger partial charge in [-0.05, 0) is 55.8 Å². The van der Waals surface area contributed by atoms with Gasteiger partial charge in [0.1, 0.15) is 11.6 Å². The molecule has 0 aliphatic carbocycles. The maximum absolute atomic E-state index is 13.7. The summed E-state index contributed by atoms with van der Waals surface area (Å²) in [5.74, 6) is 0.303. The van der Waals surface area contributed by atoms with Crippen LogP contribution in [0.4, 0.5) is 9.52 Å². The van der Waals surface area contributed by atoms with Crippen LogP contribution in [0.2, 0.25) is 0 Å². The number of anilines is 1. The molecule has 1 aliphatic rings. The Bertz CT molecular complexity index is 1030. The number of rotatable bonds is 8. The molecule has 0 atom stereocenters. The number of hydrogen-bond acceptors (Lipinski definition) is 6. The van der Waals surface area contributed by atoms with Gasteiger partial charge in [0.15, 0.2) is 5.13 Å². The number of amides is 1. The Balaban J connectivity index is 0.00000289. The first-order valence-electron chi connectivity index (χ1n) is 10.5. The summed E-state index contributed by atoms with van der Waals surface area (Å²) in [6.07, 6.45) is 0.813. The van der Waals surface area contributed by atoms with E-state index in [-0.39, 0.29) is 24.1 Å². The molecule has 0 spiro atoms. The Kier molecular flexibility index (Phi) is 8.81. The standard InChI is InChI=1S/C23H26FN3O3S.ClH/c1-2-30-19-7-4-17(5-8-19)22(28)27(11-3-10-26-12-14-29-15-13-26)23-25-20-9-6-18(24)16-21(20)31-23;/h4-9,16H,2-3,10-15H2,1H3;1H. The molecule has 1 aliphatic heterocycles. The second kappa shape index (κ2) is 11.6. The SMILES string of the molecule is CCOc1ccc(C(=O)N(CCCN2CCOCC2)c2nc3ccc(F)cc3s2)cc1.Cl. The van der Waals surface area contributed by atoms with Crippen LogP contribution in [-0.4, -0.2) is 61.8 Å². The van der Waals surface area contributed by atoms with Crippen LogP contribution in [0, 0.1) is 5.82 Å². The number of carbonyl (C=O) groups excluding carboxylic acids is 1.